The van der Waals surface area contributed by atoms with Crippen molar-refractivity contribution in [3.8, 4) is 6.07 Å². The van der Waals surface area contributed by atoms with Gasteiger partial charge in [0, 0.05) is 37.3 Å². The van der Waals surface area contributed by atoms with E-state index in [1.54, 1.807) is 13.0 Å². The van der Waals surface area contributed by atoms with Crippen LogP contribution in [0, 0.1) is 21.4 Å². The predicted molar refractivity (Wildman–Crippen MR) is 92.3 cm³/mol. The lowest BCUT2D eigenvalue weighted by molar-refractivity contribution is -0.384. The van der Waals surface area contributed by atoms with Gasteiger partial charge in [-0.2, -0.15) is 5.26 Å². The first-order valence-corrected chi connectivity index (χ1v) is 8.22. The Morgan fingerprint density at radius 2 is 2.04 bits per heavy atom. The largest absolute Gasteiger partial charge is 0.465 e. The topological polar surface area (TPSA) is 99.7 Å². The molecule has 1 heterocycles. The fourth-order valence-electron chi connectivity index (χ4n) is 3.22. The van der Waals surface area contributed by atoms with Crippen molar-refractivity contribution in [3.05, 3.63) is 33.9 Å². The van der Waals surface area contributed by atoms with Crippen molar-refractivity contribution in [3.63, 3.8) is 0 Å². The van der Waals surface area contributed by atoms with Gasteiger partial charge in [0.1, 0.15) is 6.07 Å². The van der Waals surface area contributed by atoms with E-state index in [0.29, 0.717) is 25.4 Å². The van der Waals surface area contributed by atoms with Crippen LogP contribution in [0.3, 0.4) is 0 Å². The van der Waals surface area contributed by atoms with Crippen LogP contribution in [0.25, 0.3) is 0 Å². The maximum atomic E-state index is 11.8. The number of hydrogen-bond acceptors (Lipinski definition) is 7. The van der Waals surface area contributed by atoms with E-state index in [1.807, 2.05) is 24.8 Å². The van der Waals surface area contributed by atoms with Crippen molar-refractivity contribution in [1.82, 2.24) is 4.90 Å². The number of ether oxygens (including phenoxy) is 1. The van der Waals surface area contributed by atoms with Gasteiger partial charge in [-0.15, -0.1) is 0 Å². The van der Waals surface area contributed by atoms with Crippen LogP contribution in [0.4, 0.5) is 11.4 Å². The number of benzene rings is 1. The second-order valence-electron chi connectivity index (χ2n) is 6.15. The van der Waals surface area contributed by atoms with Crippen molar-refractivity contribution in [1.29, 1.82) is 5.26 Å². The number of hydrogen-bond donors (Lipinski definition) is 0. The summed E-state index contributed by atoms with van der Waals surface area (Å²) in [7, 11) is 0. The minimum Gasteiger partial charge on any atom is -0.465 e. The lowest BCUT2D eigenvalue weighted by Crippen LogP contribution is -2.58. The number of rotatable bonds is 5. The number of nitro benzene ring substituents is 1. The average Bonchev–Trinajstić information content (AvgIpc) is 2.57. The highest BCUT2D eigenvalue weighted by Crippen LogP contribution is 2.28. The minimum atomic E-state index is -0.507. The molecule has 2 atom stereocenters. The normalized spacial score (nSPS) is 20.8. The Morgan fingerprint density at radius 3 is 2.56 bits per heavy atom. The van der Waals surface area contributed by atoms with Crippen LogP contribution < -0.4 is 4.90 Å². The Bertz CT molecular complexity index is 688. The summed E-state index contributed by atoms with van der Waals surface area (Å²) in [5.41, 5.74) is 0.873. The molecule has 1 saturated heterocycles. The smallest absolute Gasteiger partial charge is 0.320 e. The molecule has 25 heavy (non-hydrogen) atoms. The van der Waals surface area contributed by atoms with Crippen molar-refractivity contribution >= 4 is 17.3 Å². The molecule has 1 aromatic rings. The quantitative estimate of drug-likeness (QED) is 0.456. The average molecular weight is 346 g/mol. The summed E-state index contributed by atoms with van der Waals surface area (Å²) in [5.74, 6) is -0.248. The molecule has 2 rings (SSSR count). The molecule has 0 saturated carbocycles. The Hall–Kier alpha value is -2.66. The lowest BCUT2D eigenvalue weighted by atomic mass is 10.0. The van der Waals surface area contributed by atoms with E-state index in [2.05, 4.69) is 4.90 Å². The van der Waals surface area contributed by atoms with Gasteiger partial charge in [-0.3, -0.25) is 19.8 Å². The summed E-state index contributed by atoms with van der Waals surface area (Å²) < 4.78 is 5.02. The van der Waals surface area contributed by atoms with Crippen LogP contribution in [-0.4, -0.2) is 54.1 Å². The first-order chi connectivity index (χ1) is 11.9. The molecule has 8 heteroatoms. The van der Waals surface area contributed by atoms with Crippen LogP contribution in [-0.2, 0) is 9.53 Å². The fourth-order valence-corrected chi connectivity index (χ4v) is 3.22. The highest BCUT2D eigenvalue weighted by atomic mass is 16.6. The zero-order chi connectivity index (χ0) is 18.6. The van der Waals surface area contributed by atoms with Gasteiger partial charge >= 0.3 is 5.97 Å². The molecule has 1 aliphatic heterocycles. The van der Waals surface area contributed by atoms with E-state index in [1.165, 1.54) is 12.1 Å². The first kappa shape index (κ1) is 18.7. The van der Waals surface area contributed by atoms with Gasteiger partial charge in [0.25, 0.3) is 5.69 Å². The van der Waals surface area contributed by atoms with Gasteiger partial charge < -0.3 is 9.64 Å². The van der Waals surface area contributed by atoms with E-state index in [9.17, 15) is 20.2 Å². The van der Waals surface area contributed by atoms with Gasteiger partial charge in [0.15, 0.2) is 0 Å². The van der Waals surface area contributed by atoms with E-state index in [0.717, 1.165) is 0 Å². The highest BCUT2D eigenvalue weighted by molar-refractivity contribution is 5.72. The second-order valence-corrected chi connectivity index (χ2v) is 6.15. The molecule has 0 amide bonds. The highest BCUT2D eigenvalue weighted by Gasteiger charge is 2.32. The number of esters is 1. The molecule has 0 N–H and O–H groups in total. The summed E-state index contributed by atoms with van der Waals surface area (Å²) in [5, 5.41) is 20.2. The number of nitriles is 1. The van der Waals surface area contributed by atoms with Crippen molar-refractivity contribution in [2.45, 2.75) is 32.9 Å². The van der Waals surface area contributed by atoms with E-state index in [-0.39, 0.29) is 35.8 Å². The third kappa shape index (κ3) is 4.25. The molecule has 0 bridgehead atoms. The second kappa shape index (κ2) is 7.94. The molecule has 1 aromatic carbocycles. The van der Waals surface area contributed by atoms with Crippen LogP contribution in [0.1, 0.15) is 26.3 Å². The third-order valence-electron chi connectivity index (χ3n) is 4.37. The van der Waals surface area contributed by atoms with Gasteiger partial charge in [-0.05, 0) is 26.8 Å². The molecule has 0 unspecified atom stereocenters. The van der Waals surface area contributed by atoms with Crippen molar-refractivity contribution < 1.29 is 14.5 Å². The number of anilines is 1. The molecule has 0 aliphatic carbocycles. The van der Waals surface area contributed by atoms with Gasteiger partial charge in [-0.1, -0.05) is 0 Å². The molecule has 134 valence electrons. The summed E-state index contributed by atoms with van der Waals surface area (Å²) >= 11 is 0. The zero-order valence-electron chi connectivity index (χ0n) is 14.6. The fraction of sp³-hybridized carbons (Fsp3) is 0.529. The predicted octanol–water partition coefficient (Wildman–Crippen LogP) is 1.93. The molecule has 0 spiro atoms. The van der Waals surface area contributed by atoms with Gasteiger partial charge in [-0.25, -0.2) is 0 Å². The minimum absolute atomic E-state index is 0.0786. The molecular formula is C17H22N4O4. The molecule has 1 fully saturated rings. The third-order valence-corrected chi connectivity index (χ3v) is 4.37. The lowest BCUT2D eigenvalue weighted by Gasteiger charge is -2.45. The van der Waals surface area contributed by atoms with Crippen molar-refractivity contribution in [2.75, 3.05) is 31.1 Å². The SMILES string of the molecule is CCOC(=O)CN1[C@H](C)CN(c2ccc([N+](=O)[O-])cc2C#N)C[C@@H]1C. The molecule has 8 nitrogen and oxygen atoms in total. The number of piperazine rings is 1. The van der Waals surface area contributed by atoms with Crippen molar-refractivity contribution in [2.24, 2.45) is 0 Å². The zero-order valence-corrected chi connectivity index (χ0v) is 14.6. The van der Waals surface area contributed by atoms with Crippen LogP contribution >= 0.6 is 0 Å². The maximum absolute atomic E-state index is 11.8. The van der Waals surface area contributed by atoms with E-state index in [4.69, 9.17) is 4.74 Å². The Balaban J connectivity index is 2.18. The summed E-state index contributed by atoms with van der Waals surface area (Å²) in [4.78, 5) is 26.3. The Kier molecular flexibility index (Phi) is 5.93. The summed E-state index contributed by atoms with van der Waals surface area (Å²) in [6, 6.07) is 6.54. The molecule has 0 radical (unpaired) electrons. The number of carbonyl (C=O) groups is 1. The summed E-state index contributed by atoms with van der Waals surface area (Å²) in [6.45, 7) is 7.64. The standard InChI is InChI=1S/C17H22N4O4/c1-4-25-17(22)11-20-12(2)9-19(10-13(20)3)16-6-5-15(21(23)24)7-14(16)8-18/h5-7,12-13H,4,9-11H2,1-3H3/t12-,13+. The molecular weight excluding hydrogens is 324 g/mol. The Morgan fingerprint density at radius 1 is 1.40 bits per heavy atom. The first-order valence-electron chi connectivity index (χ1n) is 8.22. The molecule has 0 aromatic heterocycles. The van der Waals surface area contributed by atoms with Gasteiger partial charge in [0.2, 0.25) is 0 Å². The Labute approximate surface area is 146 Å². The molecule has 1 aliphatic rings. The maximum Gasteiger partial charge on any atom is 0.320 e. The van der Waals surface area contributed by atoms with Gasteiger partial charge in [0.05, 0.1) is 29.3 Å². The summed E-state index contributed by atoms with van der Waals surface area (Å²) in [6.07, 6.45) is 0. The number of nitrogens with zero attached hydrogens (tertiary/aromatic N) is 4. The van der Waals surface area contributed by atoms with E-state index < -0.39 is 4.92 Å². The number of carbonyl (C=O) groups excluding carboxylic acids is 1. The number of nitro groups is 1. The van der Waals surface area contributed by atoms with Crippen LogP contribution in [0.2, 0.25) is 0 Å². The van der Waals surface area contributed by atoms with E-state index >= 15 is 0 Å². The van der Waals surface area contributed by atoms with Crippen LogP contribution in [0.15, 0.2) is 18.2 Å². The van der Waals surface area contributed by atoms with Crippen LogP contribution in [0.5, 0.6) is 0 Å². The monoisotopic (exact) mass is 346 g/mol. The number of non-ortho nitro benzene ring substituents is 1.